The average molecular weight is 268 g/mol. The van der Waals surface area contributed by atoms with Crippen LogP contribution >= 0.6 is 0 Å². The van der Waals surface area contributed by atoms with Gasteiger partial charge in [-0.3, -0.25) is 4.79 Å². The van der Waals surface area contributed by atoms with Gasteiger partial charge in [0.05, 0.1) is 5.75 Å². The first kappa shape index (κ1) is 14.9. The Morgan fingerprint density at radius 2 is 1.78 bits per heavy atom. The number of hydrogen-bond donors (Lipinski definition) is 0. The lowest BCUT2D eigenvalue weighted by Crippen LogP contribution is -2.31. The van der Waals surface area contributed by atoms with Gasteiger partial charge in [0.1, 0.15) is 5.25 Å². The van der Waals surface area contributed by atoms with Crippen molar-refractivity contribution >= 4 is 15.6 Å². The van der Waals surface area contributed by atoms with Crippen molar-refractivity contribution in [3.8, 4) is 0 Å². The minimum atomic E-state index is -3.33. The Balaban J connectivity index is 2.94. The van der Waals surface area contributed by atoms with E-state index in [9.17, 15) is 13.2 Å². The quantitative estimate of drug-likeness (QED) is 0.714. The van der Waals surface area contributed by atoms with Crippen molar-refractivity contribution in [1.29, 1.82) is 0 Å². The van der Waals surface area contributed by atoms with Crippen molar-refractivity contribution in [3.05, 3.63) is 35.9 Å². The average Bonchev–Trinajstić information content (AvgIpc) is 2.38. The van der Waals surface area contributed by atoms with Crippen molar-refractivity contribution in [3.63, 3.8) is 0 Å². The van der Waals surface area contributed by atoms with Gasteiger partial charge < -0.3 is 0 Å². The van der Waals surface area contributed by atoms with E-state index in [1.54, 1.807) is 31.2 Å². The van der Waals surface area contributed by atoms with Crippen LogP contribution in [0.5, 0.6) is 0 Å². The van der Waals surface area contributed by atoms with Gasteiger partial charge in [-0.25, -0.2) is 8.42 Å². The van der Waals surface area contributed by atoms with Crippen molar-refractivity contribution in [2.45, 2.75) is 38.4 Å². The maximum atomic E-state index is 12.2. The van der Waals surface area contributed by atoms with E-state index >= 15 is 0 Å². The first-order valence-electron chi connectivity index (χ1n) is 6.33. The summed E-state index contributed by atoms with van der Waals surface area (Å²) in [4.78, 5) is 12.2. The summed E-state index contributed by atoms with van der Waals surface area (Å²) in [5, 5.41) is -0.897. The summed E-state index contributed by atoms with van der Waals surface area (Å²) in [5.74, 6) is -0.185. The third-order valence-electron chi connectivity index (χ3n) is 2.94. The van der Waals surface area contributed by atoms with E-state index in [0.29, 0.717) is 18.4 Å². The molecule has 1 aromatic rings. The maximum absolute atomic E-state index is 12.2. The summed E-state index contributed by atoms with van der Waals surface area (Å²) in [6, 6.07) is 8.64. The minimum absolute atomic E-state index is 0.0978. The lowest BCUT2D eigenvalue weighted by atomic mass is 10.1. The summed E-state index contributed by atoms with van der Waals surface area (Å²) in [5.41, 5.74) is 0.476. The number of benzene rings is 1. The van der Waals surface area contributed by atoms with E-state index in [1.165, 1.54) is 0 Å². The predicted molar refractivity (Wildman–Crippen MR) is 73.5 cm³/mol. The normalized spacial score (nSPS) is 13.2. The Morgan fingerprint density at radius 3 is 2.28 bits per heavy atom. The van der Waals surface area contributed by atoms with Crippen molar-refractivity contribution in [2.24, 2.45) is 0 Å². The Kier molecular flexibility index (Phi) is 5.54. The molecule has 0 fully saturated rings. The lowest BCUT2D eigenvalue weighted by Gasteiger charge is -2.14. The smallest absolute Gasteiger partial charge is 0.180 e. The Bertz CT molecular complexity index is 477. The molecule has 0 amide bonds. The van der Waals surface area contributed by atoms with E-state index in [0.717, 1.165) is 6.42 Å². The van der Waals surface area contributed by atoms with Crippen LogP contribution in [0.3, 0.4) is 0 Å². The van der Waals surface area contributed by atoms with Crippen LogP contribution in [0.2, 0.25) is 0 Å². The van der Waals surface area contributed by atoms with Crippen molar-refractivity contribution in [1.82, 2.24) is 0 Å². The van der Waals surface area contributed by atoms with E-state index < -0.39 is 15.1 Å². The summed E-state index contributed by atoms with van der Waals surface area (Å²) >= 11 is 0. The highest BCUT2D eigenvalue weighted by molar-refractivity contribution is 7.92. The molecule has 0 aliphatic heterocycles. The monoisotopic (exact) mass is 268 g/mol. The van der Waals surface area contributed by atoms with E-state index in [1.807, 2.05) is 13.0 Å². The molecule has 1 rings (SSSR count). The lowest BCUT2D eigenvalue weighted by molar-refractivity contribution is 0.0985. The first-order valence-corrected chi connectivity index (χ1v) is 8.05. The standard InChI is InChI=1S/C14H20O3S/c1-3-5-11-18(16,17)13(4-2)14(15)12-9-7-6-8-10-12/h6-10,13H,3-5,11H2,1-2H3. The molecule has 100 valence electrons. The zero-order valence-corrected chi connectivity index (χ0v) is 11.7. The second-order valence-electron chi connectivity index (χ2n) is 4.35. The molecule has 0 saturated heterocycles. The van der Waals surface area contributed by atoms with Crippen LogP contribution in [0.25, 0.3) is 0 Å². The van der Waals surface area contributed by atoms with Gasteiger partial charge in [-0.1, -0.05) is 50.6 Å². The summed E-state index contributed by atoms with van der Waals surface area (Å²) < 4.78 is 24.2. The molecule has 1 unspecified atom stereocenters. The molecule has 0 radical (unpaired) electrons. The molecule has 0 aliphatic carbocycles. The molecule has 18 heavy (non-hydrogen) atoms. The van der Waals surface area contributed by atoms with Gasteiger partial charge >= 0.3 is 0 Å². The van der Waals surface area contributed by atoms with Gasteiger partial charge in [-0.05, 0) is 12.8 Å². The zero-order chi connectivity index (χ0) is 13.6. The molecular weight excluding hydrogens is 248 g/mol. The van der Waals surface area contributed by atoms with Gasteiger partial charge in [0, 0.05) is 5.56 Å². The molecule has 1 aromatic carbocycles. The molecule has 1 atom stereocenters. The van der Waals surface area contributed by atoms with E-state index in [4.69, 9.17) is 0 Å². The number of ketones is 1. The third kappa shape index (κ3) is 3.67. The van der Waals surface area contributed by atoms with Gasteiger partial charge in [-0.2, -0.15) is 0 Å². The second-order valence-corrected chi connectivity index (χ2v) is 6.65. The van der Waals surface area contributed by atoms with Crippen molar-refractivity contribution in [2.75, 3.05) is 5.75 Å². The summed E-state index contributed by atoms with van der Waals surface area (Å²) in [6.45, 7) is 3.69. The van der Waals surface area contributed by atoms with Crippen LogP contribution in [0.15, 0.2) is 30.3 Å². The number of hydrogen-bond acceptors (Lipinski definition) is 3. The summed E-state index contributed by atoms with van der Waals surface area (Å²) in [7, 11) is -3.33. The number of sulfone groups is 1. The van der Waals surface area contributed by atoms with Crippen LogP contribution < -0.4 is 0 Å². The van der Waals surface area contributed by atoms with Crippen LogP contribution in [-0.2, 0) is 9.84 Å². The third-order valence-corrected chi connectivity index (χ3v) is 5.21. The molecule has 4 heteroatoms. The van der Waals surface area contributed by atoms with Gasteiger partial charge in [0.25, 0.3) is 0 Å². The van der Waals surface area contributed by atoms with Gasteiger partial charge in [0.15, 0.2) is 15.6 Å². The number of carbonyl (C=O) groups excluding carboxylic acids is 1. The molecule has 0 heterocycles. The highest BCUT2D eigenvalue weighted by atomic mass is 32.2. The summed E-state index contributed by atoms with van der Waals surface area (Å²) in [6.07, 6.45) is 1.76. The Labute approximate surface area is 109 Å². The fourth-order valence-corrected chi connectivity index (χ4v) is 3.82. The molecule has 0 aliphatic rings. The van der Waals surface area contributed by atoms with E-state index in [-0.39, 0.29) is 11.5 Å². The highest BCUT2D eigenvalue weighted by Gasteiger charge is 2.30. The molecular formula is C14H20O3S. The molecule has 0 spiro atoms. The SMILES string of the molecule is CCCCS(=O)(=O)C(CC)C(=O)c1ccccc1. The van der Waals surface area contributed by atoms with Gasteiger partial charge in [0.2, 0.25) is 0 Å². The van der Waals surface area contributed by atoms with E-state index in [2.05, 4.69) is 0 Å². The van der Waals surface area contributed by atoms with Crippen molar-refractivity contribution < 1.29 is 13.2 Å². The number of carbonyl (C=O) groups is 1. The van der Waals surface area contributed by atoms with Crippen LogP contribution in [-0.4, -0.2) is 25.2 Å². The second kappa shape index (κ2) is 6.69. The predicted octanol–water partition coefficient (Wildman–Crippen LogP) is 2.86. The number of rotatable bonds is 7. The molecule has 0 N–H and O–H groups in total. The highest BCUT2D eigenvalue weighted by Crippen LogP contribution is 2.15. The van der Waals surface area contributed by atoms with Gasteiger partial charge in [-0.15, -0.1) is 0 Å². The Morgan fingerprint density at radius 1 is 1.17 bits per heavy atom. The fraction of sp³-hybridized carbons (Fsp3) is 0.500. The van der Waals surface area contributed by atoms with Crippen LogP contribution in [0, 0.1) is 0 Å². The molecule has 3 nitrogen and oxygen atoms in total. The Hall–Kier alpha value is -1.16. The largest absolute Gasteiger partial charge is 0.293 e. The molecule has 0 saturated carbocycles. The zero-order valence-electron chi connectivity index (χ0n) is 10.9. The molecule has 0 aromatic heterocycles. The topological polar surface area (TPSA) is 51.2 Å². The van der Waals surface area contributed by atoms with Crippen LogP contribution in [0.4, 0.5) is 0 Å². The maximum Gasteiger partial charge on any atom is 0.180 e. The fourth-order valence-electron chi connectivity index (χ4n) is 1.88. The molecule has 0 bridgehead atoms. The first-order chi connectivity index (χ1) is 8.53. The van der Waals surface area contributed by atoms with Crippen LogP contribution in [0.1, 0.15) is 43.5 Å². The minimum Gasteiger partial charge on any atom is -0.293 e. The number of unbranched alkanes of at least 4 members (excludes halogenated alkanes) is 1. The number of Topliss-reactive ketones (excluding diaryl/α,β-unsaturated/α-hetero) is 1.